The van der Waals surface area contributed by atoms with Crippen LogP contribution >= 0.6 is 0 Å². The Morgan fingerprint density at radius 2 is 1.96 bits per heavy atom. The van der Waals surface area contributed by atoms with E-state index in [9.17, 15) is 4.79 Å². The highest BCUT2D eigenvalue weighted by Gasteiger charge is 2.27. The molecular formula is C22H30N2O2. The second kappa shape index (κ2) is 7.98. The number of nitrogens with zero attached hydrogens (tertiary/aromatic N) is 2. The van der Waals surface area contributed by atoms with E-state index in [0.717, 1.165) is 48.6 Å². The molecule has 1 saturated heterocycles. The molecule has 0 aliphatic carbocycles. The van der Waals surface area contributed by atoms with Crippen molar-refractivity contribution in [3.8, 4) is 5.75 Å². The molecule has 1 aromatic carbocycles. The summed E-state index contributed by atoms with van der Waals surface area (Å²) >= 11 is 0. The Labute approximate surface area is 156 Å². The summed E-state index contributed by atoms with van der Waals surface area (Å²) in [5.41, 5.74) is 3.08. The first-order valence-corrected chi connectivity index (χ1v) is 9.63. The molecule has 26 heavy (non-hydrogen) atoms. The maximum atomic E-state index is 13.1. The maximum Gasteiger partial charge on any atom is 0.255 e. The SMILES string of the molecule is Cc1cc(C(=O)N2CCCC(COc3ccccc3)C2)c(C)n1C(C)C. The van der Waals surface area contributed by atoms with E-state index in [1.54, 1.807) is 0 Å². The topological polar surface area (TPSA) is 34.5 Å². The summed E-state index contributed by atoms with van der Waals surface area (Å²) in [7, 11) is 0. The van der Waals surface area contributed by atoms with Crippen molar-refractivity contribution in [3.63, 3.8) is 0 Å². The van der Waals surface area contributed by atoms with Gasteiger partial charge in [0.25, 0.3) is 5.91 Å². The van der Waals surface area contributed by atoms with E-state index in [1.165, 1.54) is 0 Å². The van der Waals surface area contributed by atoms with E-state index in [0.29, 0.717) is 18.6 Å². The molecule has 4 nitrogen and oxygen atoms in total. The van der Waals surface area contributed by atoms with Gasteiger partial charge in [-0.3, -0.25) is 4.79 Å². The van der Waals surface area contributed by atoms with Crippen molar-refractivity contribution < 1.29 is 9.53 Å². The van der Waals surface area contributed by atoms with Gasteiger partial charge in [-0.1, -0.05) is 18.2 Å². The zero-order valence-corrected chi connectivity index (χ0v) is 16.4. The van der Waals surface area contributed by atoms with Crippen molar-refractivity contribution in [1.82, 2.24) is 9.47 Å². The van der Waals surface area contributed by atoms with Gasteiger partial charge >= 0.3 is 0 Å². The molecule has 1 aliphatic heterocycles. The Bertz CT molecular complexity index is 749. The maximum absolute atomic E-state index is 13.1. The Morgan fingerprint density at radius 1 is 1.23 bits per heavy atom. The smallest absolute Gasteiger partial charge is 0.255 e. The minimum absolute atomic E-state index is 0.161. The molecule has 2 heterocycles. The highest BCUT2D eigenvalue weighted by Crippen LogP contribution is 2.25. The van der Waals surface area contributed by atoms with Gasteiger partial charge in [0.1, 0.15) is 5.75 Å². The summed E-state index contributed by atoms with van der Waals surface area (Å²) in [6.07, 6.45) is 2.15. The number of carbonyl (C=O) groups excluding carboxylic acids is 1. The van der Waals surface area contributed by atoms with E-state index in [-0.39, 0.29) is 5.91 Å². The molecular weight excluding hydrogens is 324 g/mol. The molecule has 2 aromatic rings. The van der Waals surface area contributed by atoms with Gasteiger partial charge in [0, 0.05) is 36.4 Å². The van der Waals surface area contributed by atoms with Crippen LogP contribution < -0.4 is 4.74 Å². The van der Waals surface area contributed by atoms with E-state index in [2.05, 4.69) is 32.3 Å². The molecule has 0 N–H and O–H groups in total. The monoisotopic (exact) mass is 354 g/mol. The van der Waals surface area contributed by atoms with Gasteiger partial charge in [0.15, 0.2) is 0 Å². The molecule has 3 rings (SSSR count). The highest BCUT2D eigenvalue weighted by atomic mass is 16.5. The molecule has 4 heteroatoms. The minimum atomic E-state index is 0.161. The average molecular weight is 354 g/mol. The lowest BCUT2D eigenvalue weighted by Gasteiger charge is -2.32. The van der Waals surface area contributed by atoms with Crippen molar-refractivity contribution in [2.75, 3.05) is 19.7 Å². The van der Waals surface area contributed by atoms with Crippen LogP contribution in [-0.2, 0) is 0 Å². The standard InChI is InChI=1S/C22H30N2O2/c1-16(2)24-17(3)13-21(18(24)4)22(25)23-12-8-9-19(14-23)15-26-20-10-6-5-7-11-20/h5-7,10-11,13,16,19H,8-9,12,14-15H2,1-4H3. The van der Waals surface area contributed by atoms with E-state index >= 15 is 0 Å². The molecule has 0 radical (unpaired) electrons. The third-order valence-corrected chi connectivity index (χ3v) is 5.27. The largest absolute Gasteiger partial charge is 0.493 e. The Balaban J connectivity index is 1.66. The molecule has 0 spiro atoms. The fraction of sp³-hybridized carbons (Fsp3) is 0.500. The highest BCUT2D eigenvalue weighted by molar-refractivity contribution is 5.95. The Hall–Kier alpha value is -2.23. The van der Waals surface area contributed by atoms with Crippen LogP contribution in [0.3, 0.4) is 0 Å². The number of piperidine rings is 1. The van der Waals surface area contributed by atoms with Crippen LogP contribution in [0.2, 0.25) is 0 Å². The third-order valence-electron chi connectivity index (χ3n) is 5.27. The molecule has 1 fully saturated rings. The number of para-hydroxylation sites is 1. The fourth-order valence-corrected chi connectivity index (χ4v) is 4.07. The zero-order valence-electron chi connectivity index (χ0n) is 16.4. The fourth-order valence-electron chi connectivity index (χ4n) is 4.07. The van der Waals surface area contributed by atoms with Crippen molar-refractivity contribution >= 4 is 5.91 Å². The molecule has 1 atom stereocenters. The Morgan fingerprint density at radius 3 is 2.62 bits per heavy atom. The third kappa shape index (κ3) is 3.95. The van der Waals surface area contributed by atoms with Crippen LogP contribution in [0.15, 0.2) is 36.4 Å². The summed E-state index contributed by atoms with van der Waals surface area (Å²) in [6.45, 7) is 10.7. The number of carbonyl (C=O) groups is 1. The van der Waals surface area contributed by atoms with E-state index < -0.39 is 0 Å². The van der Waals surface area contributed by atoms with Crippen molar-refractivity contribution in [1.29, 1.82) is 0 Å². The summed E-state index contributed by atoms with van der Waals surface area (Å²) in [6, 6.07) is 12.3. The molecule has 1 unspecified atom stereocenters. The van der Waals surface area contributed by atoms with E-state index in [1.807, 2.05) is 41.3 Å². The molecule has 0 bridgehead atoms. The number of likely N-dealkylation sites (tertiary alicyclic amines) is 1. The second-order valence-corrected chi connectivity index (χ2v) is 7.63. The van der Waals surface area contributed by atoms with Crippen LogP contribution in [-0.4, -0.2) is 35.1 Å². The summed E-state index contributed by atoms with van der Waals surface area (Å²) in [4.78, 5) is 15.1. The Kier molecular flexibility index (Phi) is 5.70. The van der Waals surface area contributed by atoms with Crippen LogP contribution in [0, 0.1) is 19.8 Å². The lowest BCUT2D eigenvalue weighted by Crippen LogP contribution is -2.41. The normalized spacial score (nSPS) is 17.6. The van der Waals surface area contributed by atoms with Gasteiger partial charge in [0.05, 0.1) is 12.2 Å². The first-order chi connectivity index (χ1) is 12.5. The number of amides is 1. The number of ether oxygens (including phenoxy) is 1. The summed E-state index contributed by atoms with van der Waals surface area (Å²) < 4.78 is 8.16. The minimum Gasteiger partial charge on any atom is -0.493 e. The van der Waals surface area contributed by atoms with Crippen LogP contribution in [0.25, 0.3) is 0 Å². The predicted molar refractivity (Wildman–Crippen MR) is 105 cm³/mol. The van der Waals surface area contributed by atoms with Gasteiger partial charge in [-0.25, -0.2) is 0 Å². The molecule has 1 amide bonds. The predicted octanol–water partition coefficient (Wildman–Crippen LogP) is 4.62. The first kappa shape index (κ1) is 18.6. The molecule has 140 valence electrons. The van der Waals surface area contributed by atoms with Gasteiger partial charge in [0.2, 0.25) is 0 Å². The van der Waals surface area contributed by atoms with Gasteiger partial charge in [-0.15, -0.1) is 0 Å². The van der Waals surface area contributed by atoms with Crippen LogP contribution in [0.4, 0.5) is 0 Å². The van der Waals surface area contributed by atoms with Gasteiger partial charge < -0.3 is 14.2 Å². The lowest BCUT2D eigenvalue weighted by atomic mass is 9.98. The zero-order chi connectivity index (χ0) is 18.7. The van der Waals surface area contributed by atoms with E-state index in [4.69, 9.17) is 4.74 Å². The number of aryl methyl sites for hydroxylation is 1. The van der Waals surface area contributed by atoms with Crippen LogP contribution in [0.1, 0.15) is 54.5 Å². The van der Waals surface area contributed by atoms with Gasteiger partial charge in [-0.05, 0) is 58.7 Å². The van der Waals surface area contributed by atoms with Crippen molar-refractivity contribution in [3.05, 3.63) is 53.3 Å². The lowest BCUT2D eigenvalue weighted by molar-refractivity contribution is 0.0632. The number of rotatable bonds is 5. The number of benzene rings is 1. The van der Waals surface area contributed by atoms with Crippen molar-refractivity contribution in [2.45, 2.75) is 46.6 Å². The molecule has 1 aliphatic rings. The number of aromatic nitrogens is 1. The quantitative estimate of drug-likeness (QED) is 0.785. The van der Waals surface area contributed by atoms with Crippen molar-refractivity contribution in [2.24, 2.45) is 5.92 Å². The van der Waals surface area contributed by atoms with Crippen LogP contribution in [0.5, 0.6) is 5.75 Å². The average Bonchev–Trinajstić information content (AvgIpc) is 2.95. The summed E-state index contributed by atoms with van der Waals surface area (Å²) in [5.74, 6) is 1.45. The molecule has 0 saturated carbocycles. The van der Waals surface area contributed by atoms with Gasteiger partial charge in [-0.2, -0.15) is 0 Å². The summed E-state index contributed by atoms with van der Waals surface area (Å²) in [5, 5.41) is 0. The first-order valence-electron chi connectivity index (χ1n) is 9.63. The second-order valence-electron chi connectivity index (χ2n) is 7.63. The molecule has 1 aromatic heterocycles. The number of hydrogen-bond acceptors (Lipinski definition) is 2. The number of hydrogen-bond donors (Lipinski definition) is 0.